The highest BCUT2D eigenvalue weighted by Gasteiger charge is 2.14. The summed E-state index contributed by atoms with van der Waals surface area (Å²) >= 11 is 0. The molecule has 0 saturated carbocycles. The number of hydrogen-bond donors (Lipinski definition) is 1. The summed E-state index contributed by atoms with van der Waals surface area (Å²) in [5, 5.41) is 10.6. The van der Waals surface area contributed by atoms with Crippen LogP contribution in [0.2, 0.25) is 0 Å². The van der Waals surface area contributed by atoms with Gasteiger partial charge in [-0.05, 0) is 18.6 Å². The zero-order valence-corrected chi connectivity index (χ0v) is 9.12. The number of nitrogens with two attached hydrogens (primary N) is 1. The quantitative estimate of drug-likeness (QED) is 0.482. The van der Waals surface area contributed by atoms with Crippen molar-refractivity contribution < 1.29 is 9.13 Å². The Morgan fingerprint density at radius 2 is 2.20 bits per heavy atom. The molecule has 1 unspecified atom stereocenters. The second-order valence-corrected chi connectivity index (χ2v) is 4.60. The predicted octanol–water partition coefficient (Wildman–Crippen LogP) is 1.69. The highest BCUT2D eigenvalue weighted by molar-refractivity contribution is 7.85. The molecule has 6 heteroatoms. The molecule has 1 atom stereocenters. The van der Waals surface area contributed by atoms with Crippen LogP contribution in [0.1, 0.15) is 13.3 Å². The van der Waals surface area contributed by atoms with Crippen LogP contribution < -0.4 is 5.73 Å². The number of nitro groups is 1. The molecule has 5 nitrogen and oxygen atoms in total. The molecule has 0 aliphatic heterocycles. The molecule has 1 aromatic carbocycles. The van der Waals surface area contributed by atoms with E-state index in [9.17, 15) is 14.3 Å². The van der Waals surface area contributed by atoms with Gasteiger partial charge in [-0.25, -0.2) is 0 Å². The van der Waals surface area contributed by atoms with Crippen LogP contribution in [-0.4, -0.2) is 14.9 Å². The van der Waals surface area contributed by atoms with Gasteiger partial charge in [-0.3, -0.25) is 14.3 Å². The lowest BCUT2D eigenvalue weighted by Gasteiger charge is -2.02. The third kappa shape index (κ3) is 2.76. The van der Waals surface area contributed by atoms with Crippen molar-refractivity contribution in [2.24, 2.45) is 0 Å². The molecule has 1 aromatic rings. The molecule has 15 heavy (non-hydrogen) atoms. The van der Waals surface area contributed by atoms with Crippen LogP contribution in [0, 0.1) is 10.1 Å². The number of anilines is 1. The minimum absolute atomic E-state index is 0.0947. The lowest BCUT2D eigenvalue weighted by Crippen LogP contribution is -2.00. The SMILES string of the molecule is CCCS(=O)c1ccc(N)c([N+](=O)[O-])c1. The van der Waals surface area contributed by atoms with Crippen molar-refractivity contribution in [3.05, 3.63) is 28.3 Å². The van der Waals surface area contributed by atoms with Gasteiger partial charge in [-0.2, -0.15) is 0 Å². The average Bonchev–Trinajstić information content (AvgIpc) is 2.18. The van der Waals surface area contributed by atoms with Gasteiger partial charge in [-0.15, -0.1) is 0 Å². The van der Waals surface area contributed by atoms with Gasteiger partial charge >= 0.3 is 0 Å². The first kappa shape index (κ1) is 11.6. The van der Waals surface area contributed by atoms with E-state index >= 15 is 0 Å². The summed E-state index contributed by atoms with van der Waals surface area (Å²) in [4.78, 5) is 10.5. The second kappa shape index (κ2) is 4.88. The summed E-state index contributed by atoms with van der Waals surface area (Å²) < 4.78 is 11.6. The predicted molar refractivity (Wildman–Crippen MR) is 59.1 cm³/mol. The molecule has 2 N–H and O–H groups in total. The fourth-order valence-corrected chi connectivity index (χ4v) is 2.20. The van der Waals surface area contributed by atoms with Gasteiger partial charge in [0.15, 0.2) is 0 Å². The largest absolute Gasteiger partial charge is 0.393 e. The van der Waals surface area contributed by atoms with E-state index in [1.54, 1.807) is 6.07 Å². The van der Waals surface area contributed by atoms with Crippen LogP contribution in [0.4, 0.5) is 11.4 Å². The number of nitro benzene ring substituents is 1. The first-order valence-electron chi connectivity index (χ1n) is 4.48. The first-order chi connectivity index (χ1) is 7.06. The summed E-state index contributed by atoms with van der Waals surface area (Å²) in [7, 11) is -1.18. The molecule has 0 aliphatic rings. The molecule has 0 fully saturated rings. The summed E-state index contributed by atoms with van der Waals surface area (Å²) in [6.07, 6.45) is 0.769. The molecule has 0 aliphatic carbocycles. The average molecular weight is 228 g/mol. The molecule has 0 amide bonds. The van der Waals surface area contributed by atoms with E-state index in [1.807, 2.05) is 6.92 Å². The Hall–Kier alpha value is -1.43. The van der Waals surface area contributed by atoms with Gasteiger partial charge in [-0.1, -0.05) is 6.92 Å². The maximum Gasteiger partial charge on any atom is 0.293 e. The number of nitrogen functional groups attached to an aromatic ring is 1. The van der Waals surface area contributed by atoms with Gasteiger partial charge < -0.3 is 5.73 Å². The normalized spacial score (nSPS) is 12.3. The summed E-state index contributed by atoms with van der Waals surface area (Å²) in [6, 6.07) is 4.26. The van der Waals surface area contributed by atoms with Crippen molar-refractivity contribution >= 4 is 22.2 Å². The molecule has 0 bridgehead atoms. The summed E-state index contributed by atoms with van der Waals surface area (Å²) in [6.45, 7) is 1.91. The van der Waals surface area contributed by atoms with Crippen molar-refractivity contribution in [2.75, 3.05) is 11.5 Å². The molecule has 1 rings (SSSR count). The zero-order valence-electron chi connectivity index (χ0n) is 8.30. The van der Waals surface area contributed by atoms with Crippen LogP contribution in [0.3, 0.4) is 0 Å². The van der Waals surface area contributed by atoms with Crippen molar-refractivity contribution in [3.8, 4) is 0 Å². The summed E-state index contributed by atoms with van der Waals surface area (Å²) in [5.74, 6) is 0.501. The van der Waals surface area contributed by atoms with E-state index in [2.05, 4.69) is 0 Å². The van der Waals surface area contributed by atoms with E-state index < -0.39 is 15.7 Å². The van der Waals surface area contributed by atoms with E-state index in [0.29, 0.717) is 10.6 Å². The van der Waals surface area contributed by atoms with Crippen molar-refractivity contribution in [2.45, 2.75) is 18.2 Å². The highest BCUT2D eigenvalue weighted by Crippen LogP contribution is 2.24. The topological polar surface area (TPSA) is 86.2 Å². The van der Waals surface area contributed by atoms with Crippen LogP contribution in [0.5, 0.6) is 0 Å². The molecule has 0 saturated heterocycles. The number of benzene rings is 1. The molecule has 0 spiro atoms. The van der Waals surface area contributed by atoms with Gasteiger partial charge in [0.2, 0.25) is 0 Å². The second-order valence-electron chi connectivity index (χ2n) is 3.03. The van der Waals surface area contributed by atoms with E-state index in [4.69, 9.17) is 5.73 Å². The van der Waals surface area contributed by atoms with Crippen LogP contribution >= 0.6 is 0 Å². The fraction of sp³-hybridized carbons (Fsp3) is 0.333. The first-order valence-corrected chi connectivity index (χ1v) is 5.80. The molecule has 0 aromatic heterocycles. The Morgan fingerprint density at radius 3 is 2.73 bits per heavy atom. The lowest BCUT2D eigenvalue weighted by atomic mass is 10.3. The fourth-order valence-electron chi connectivity index (χ4n) is 1.13. The number of hydrogen-bond acceptors (Lipinski definition) is 4. The van der Waals surface area contributed by atoms with Crippen molar-refractivity contribution in [1.29, 1.82) is 0 Å². The molecular weight excluding hydrogens is 216 g/mol. The highest BCUT2D eigenvalue weighted by atomic mass is 32.2. The van der Waals surface area contributed by atoms with Gasteiger partial charge in [0.05, 0.1) is 15.7 Å². The Morgan fingerprint density at radius 1 is 1.53 bits per heavy atom. The Kier molecular flexibility index (Phi) is 3.79. The smallest absolute Gasteiger partial charge is 0.293 e. The zero-order chi connectivity index (χ0) is 11.4. The van der Waals surface area contributed by atoms with Crippen LogP contribution in [0.25, 0.3) is 0 Å². The van der Waals surface area contributed by atoms with Crippen LogP contribution in [-0.2, 0) is 10.8 Å². The van der Waals surface area contributed by atoms with Gasteiger partial charge in [0, 0.05) is 16.7 Å². The molecule has 0 radical (unpaired) electrons. The Balaban J connectivity index is 3.07. The summed E-state index contributed by atoms with van der Waals surface area (Å²) in [5.41, 5.74) is 5.34. The minimum atomic E-state index is -1.18. The standard InChI is InChI=1S/C9H12N2O3S/c1-2-5-15(14)7-3-4-8(10)9(6-7)11(12)13/h3-4,6H,2,5,10H2,1H3. The van der Waals surface area contributed by atoms with Crippen LogP contribution in [0.15, 0.2) is 23.1 Å². The van der Waals surface area contributed by atoms with Gasteiger partial charge in [0.1, 0.15) is 5.69 Å². The monoisotopic (exact) mass is 228 g/mol. The van der Waals surface area contributed by atoms with Crippen molar-refractivity contribution in [1.82, 2.24) is 0 Å². The van der Waals surface area contributed by atoms with E-state index in [0.717, 1.165) is 6.42 Å². The number of rotatable bonds is 4. The lowest BCUT2D eigenvalue weighted by molar-refractivity contribution is -0.384. The van der Waals surface area contributed by atoms with E-state index in [1.165, 1.54) is 12.1 Å². The third-order valence-corrected chi connectivity index (χ3v) is 3.41. The van der Waals surface area contributed by atoms with E-state index in [-0.39, 0.29) is 11.4 Å². The number of nitrogens with zero attached hydrogens (tertiary/aromatic N) is 1. The Labute approximate surface area is 89.9 Å². The maximum absolute atomic E-state index is 11.6. The van der Waals surface area contributed by atoms with Gasteiger partial charge in [0.25, 0.3) is 5.69 Å². The molecular formula is C9H12N2O3S. The molecule has 0 heterocycles. The molecule has 82 valence electrons. The van der Waals surface area contributed by atoms with Crippen molar-refractivity contribution in [3.63, 3.8) is 0 Å². The minimum Gasteiger partial charge on any atom is -0.393 e. The Bertz CT molecular complexity index is 406. The third-order valence-electron chi connectivity index (χ3n) is 1.85. The maximum atomic E-state index is 11.6.